The van der Waals surface area contributed by atoms with Crippen molar-refractivity contribution in [3.63, 3.8) is 0 Å². The predicted molar refractivity (Wildman–Crippen MR) is 94.9 cm³/mol. The number of aromatic nitrogens is 1. The molecule has 1 fully saturated rings. The topological polar surface area (TPSA) is 42.0 Å². The smallest absolute Gasteiger partial charge is 0.260 e. The van der Waals surface area contributed by atoms with Crippen molar-refractivity contribution in [2.45, 2.75) is 24.7 Å². The molecule has 0 radical (unpaired) electrons. The first-order chi connectivity index (χ1) is 12.0. The predicted octanol–water partition coefficient (Wildman–Crippen LogP) is 5.00. The summed E-state index contributed by atoms with van der Waals surface area (Å²) >= 11 is 1.33. The van der Waals surface area contributed by atoms with Crippen LogP contribution < -0.4 is 5.32 Å². The van der Waals surface area contributed by atoms with Crippen LogP contribution in [-0.4, -0.2) is 16.8 Å². The Balaban J connectivity index is 1.66. The molecular formula is C19H16F2N2OS. The second-order valence-electron chi connectivity index (χ2n) is 6.26. The van der Waals surface area contributed by atoms with E-state index in [4.69, 9.17) is 4.98 Å². The Kier molecular flexibility index (Phi) is 4.00. The third-order valence-corrected chi connectivity index (χ3v) is 5.42. The molecule has 2 aliphatic carbocycles. The van der Waals surface area contributed by atoms with Gasteiger partial charge in [-0.05, 0) is 6.42 Å². The number of alkyl halides is 2. The summed E-state index contributed by atoms with van der Waals surface area (Å²) in [5.41, 5.74) is 1.68. The maximum absolute atomic E-state index is 13.2. The average Bonchev–Trinajstić information content (AvgIpc) is 3.08. The van der Waals surface area contributed by atoms with E-state index in [1.807, 2.05) is 54.6 Å². The van der Waals surface area contributed by atoms with Gasteiger partial charge in [0.25, 0.3) is 5.92 Å². The number of allylic oxidation sites excluding steroid dienone is 4. The molecule has 2 aromatic rings. The highest BCUT2D eigenvalue weighted by Gasteiger charge is 2.61. The number of hydrogen-bond acceptors (Lipinski definition) is 3. The molecule has 3 nitrogen and oxygen atoms in total. The molecule has 4 rings (SSSR count). The number of carbonyl (C=O) groups is 1. The molecule has 0 saturated heterocycles. The minimum absolute atomic E-state index is 0.0359. The van der Waals surface area contributed by atoms with E-state index >= 15 is 0 Å². The lowest BCUT2D eigenvalue weighted by Crippen LogP contribution is -2.18. The van der Waals surface area contributed by atoms with Gasteiger partial charge in [-0.15, -0.1) is 0 Å². The van der Waals surface area contributed by atoms with E-state index in [9.17, 15) is 13.6 Å². The Morgan fingerprint density at radius 2 is 2.00 bits per heavy atom. The minimum Gasteiger partial charge on any atom is -0.316 e. The van der Waals surface area contributed by atoms with Crippen LogP contribution in [0.4, 0.5) is 13.8 Å². The quantitative estimate of drug-likeness (QED) is 0.835. The fourth-order valence-corrected chi connectivity index (χ4v) is 3.90. The van der Waals surface area contributed by atoms with E-state index in [0.717, 1.165) is 22.7 Å². The average molecular weight is 358 g/mol. The first-order valence-corrected chi connectivity index (χ1v) is 8.94. The van der Waals surface area contributed by atoms with Crippen LogP contribution in [0.2, 0.25) is 0 Å². The second kappa shape index (κ2) is 6.19. The highest BCUT2D eigenvalue weighted by Crippen LogP contribution is 2.49. The molecule has 25 heavy (non-hydrogen) atoms. The van der Waals surface area contributed by atoms with Crippen LogP contribution in [0.3, 0.4) is 0 Å². The fourth-order valence-electron chi connectivity index (χ4n) is 2.86. The minimum atomic E-state index is -2.87. The molecule has 0 spiro atoms. The summed E-state index contributed by atoms with van der Waals surface area (Å²) < 4.78 is 26.4. The summed E-state index contributed by atoms with van der Waals surface area (Å²) in [7, 11) is 0. The van der Waals surface area contributed by atoms with Gasteiger partial charge in [-0.3, -0.25) is 4.79 Å². The SMILES string of the molecule is O=C(Nc1sc(-c2ccccc2)nc1C1C=CC=CC1)C1CC1(F)F. The van der Waals surface area contributed by atoms with E-state index in [0.29, 0.717) is 5.00 Å². The van der Waals surface area contributed by atoms with Crippen LogP contribution >= 0.6 is 11.3 Å². The zero-order valence-electron chi connectivity index (χ0n) is 13.3. The van der Waals surface area contributed by atoms with E-state index in [2.05, 4.69) is 5.32 Å². The summed E-state index contributed by atoms with van der Waals surface area (Å²) in [6.45, 7) is 0. The van der Waals surface area contributed by atoms with Gasteiger partial charge in [0.05, 0.1) is 5.69 Å². The van der Waals surface area contributed by atoms with E-state index in [-0.39, 0.29) is 12.3 Å². The molecule has 2 unspecified atom stereocenters. The Morgan fingerprint density at radius 1 is 1.24 bits per heavy atom. The van der Waals surface area contributed by atoms with Crippen molar-refractivity contribution in [3.8, 4) is 10.6 Å². The number of amides is 1. The Hall–Kier alpha value is -2.34. The number of nitrogens with zero attached hydrogens (tertiary/aromatic N) is 1. The summed E-state index contributed by atoms with van der Waals surface area (Å²) in [4.78, 5) is 16.8. The number of thiazole rings is 1. The molecule has 1 amide bonds. The normalized spacial score (nSPS) is 23.4. The Bertz CT molecular complexity index is 858. The van der Waals surface area contributed by atoms with Crippen molar-refractivity contribution in [2.24, 2.45) is 5.92 Å². The number of halogens is 2. The zero-order valence-corrected chi connectivity index (χ0v) is 14.1. The van der Waals surface area contributed by atoms with Crippen molar-refractivity contribution in [1.82, 2.24) is 4.98 Å². The van der Waals surface area contributed by atoms with Crippen LogP contribution in [0.25, 0.3) is 10.6 Å². The van der Waals surface area contributed by atoms with Gasteiger partial charge < -0.3 is 5.32 Å². The molecule has 2 aliphatic rings. The molecule has 6 heteroatoms. The molecule has 128 valence electrons. The molecule has 1 heterocycles. The monoisotopic (exact) mass is 358 g/mol. The van der Waals surface area contributed by atoms with Gasteiger partial charge in [-0.2, -0.15) is 0 Å². The summed E-state index contributed by atoms with van der Waals surface area (Å²) in [6.07, 6.45) is 8.36. The Morgan fingerprint density at radius 3 is 2.64 bits per heavy atom. The van der Waals surface area contributed by atoms with Crippen molar-refractivity contribution in [1.29, 1.82) is 0 Å². The number of anilines is 1. The molecule has 1 aromatic carbocycles. The summed E-state index contributed by atoms with van der Waals surface area (Å²) in [5.74, 6) is -4.67. The van der Waals surface area contributed by atoms with Gasteiger partial charge in [-0.1, -0.05) is 66.0 Å². The van der Waals surface area contributed by atoms with Crippen molar-refractivity contribution in [3.05, 3.63) is 60.3 Å². The first kappa shape index (κ1) is 16.1. The van der Waals surface area contributed by atoms with Crippen LogP contribution in [0.15, 0.2) is 54.6 Å². The van der Waals surface area contributed by atoms with E-state index in [1.54, 1.807) is 0 Å². The van der Waals surface area contributed by atoms with Gasteiger partial charge in [0, 0.05) is 17.9 Å². The molecular weight excluding hydrogens is 342 g/mol. The highest BCUT2D eigenvalue weighted by atomic mass is 32.1. The standard InChI is InChI=1S/C19H16F2N2OS/c20-19(21)11-14(19)16(24)23-18-15(12-7-3-1-4-8-12)22-17(25-18)13-9-5-2-6-10-13/h1-7,9-10,12,14H,8,11H2,(H,23,24). The zero-order chi connectivity index (χ0) is 17.4. The third-order valence-electron chi connectivity index (χ3n) is 4.39. The molecule has 1 N–H and O–H groups in total. The van der Waals surface area contributed by atoms with Crippen LogP contribution in [0.5, 0.6) is 0 Å². The largest absolute Gasteiger partial charge is 0.316 e. The van der Waals surface area contributed by atoms with Gasteiger partial charge in [-0.25, -0.2) is 13.8 Å². The van der Waals surface area contributed by atoms with Crippen molar-refractivity contribution in [2.75, 3.05) is 5.32 Å². The van der Waals surface area contributed by atoms with Crippen LogP contribution in [-0.2, 0) is 4.79 Å². The van der Waals surface area contributed by atoms with Crippen molar-refractivity contribution < 1.29 is 13.6 Å². The van der Waals surface area contributed by atoms with Gasteiger partial charge in [0.15, 0.2) is 0 Å². The first-order valence-electron chi connectivity index (χ1n) is 8.13. The summed E-state index contributed by atoms with van der Waals surface area (Å²) in [6, 6.07) is 9.65. The lowest BCUT2D eigenvalue weighted by Gasteiger charge is -2.13. The van der Waals surface area contributed by atoms with E-state index in [1.165, 1.54) is 11.3 Å². The number of hydrogen-bond donors (Lipinski definition) is 1. The molecule has 2 atom stereocenters. The number of benzene rings is 1. The lowest BCUT2D eigenvalue weighted by molar-refractivity contribution is -0.119. The van der Waals surface area contributed by atoms with Gasteiger partial charge in [0.1, 0.15) is 15.9 Å². The summed E-state index contributed by atoms with van der Waals surface area (Å²) in [5, 5.41) is 4.04. The Labute approximate surface area is 148 Å². The maximum atomic E-state index is 13.2. The number of nitrogens with one attached hydrogen (secondary N) is 1. The van der Waals surface area contributed by atoms with Gasteiger partial charge >= 0.3 is 0 Å². The third kappa shape index (κ3) is 3.26. The maximum Gasteiger partial charge on any atom is 0.260 e. The second-order valence-corrected chi connectivity index (χ2v) is 7.26. The lowest BCUT2D eigenvalue weighted by atomic mass is 9.97. The molecule has 0 aliphatic heterocycles. The fraction of sp³-hybridized carbons (Fsp3) is 0.263. The molecule has 1 saturated carbocycles. The van der Waals surface area contributed by atoms with E-state index < -0.39 is 17.7 Å². The van der Waals surface area contributed by atoms with Crippen molar-refractivity contribution >= 4 is 22.2 Å². The molecule has 1 aromatic heterocycles. The van der Waals surface area contributed by atoms with Crippen LogP contribution in [0, 0.1) is 5.92 Å². The number of rotatable bonds is 4. The number of carbonyl (C=O) groups excluding carboxylic acids is 1. The van der Waals surface area contributed by atoms with Crippen LogP contribution in [0.1, 0.15) is 24.5 Å². The highest BCUT2D eigenvalue weighted by molar-refractivity contribution is 7.19. The molecule has 0 bridgehead atoms. The van der Waals surface area contributed by atoms with Gasteiger partial charge in [0.2, 0.25) is 5.91 Å².